The number of rotatable bonds is 2. The number of nitrogens with one attached hydrogen (secondary N) is 1. The van der Waals surface area contributed by atoms with Gasteiger partial charge in [0.05, 0.1) is 14.0 Å². The molecule has 1 aromatic heterocycles. The Balaban J connectivity index is 2.01. The zero-order valence-corrected chi connectivity index (χ0v) is 13.5. The van der Waals surface area contributed by atoms with Crippen molar-refractivity contribution >= 4 is 44.8 Å². The Morgan fingerprint density at radius 2 is 2.17 bits per heavy atom. The summed E-state index contributed by atoms with van der Waals surface area (Å²) < 4.78 is 1.02. The number of hydrogen-bond acceptors (Lipinski definition) is 2. The molecule has 1 aromatic rings. The minimum Gasteiger partial charge on any atom is -0.347 e. The average molecular weight is 351 g/mol. The molecule has 100 valence electrons. The Morgan fingerprint density at radius 3 is 2.83 bits per heavy atom. The summed E-state index contributed by atoms with van der Waals surface area (Å²) in [5, 5.41) is 3.15. The van der Waals surface area contributed by atoms with Gasteiger partial charge in [-0.2, -0.15) is 0 Å². The predicted octanol–water partition coefficient (Wildman–Crippen LogP) is 4.49. The van der Waals surface area contributed by atoms with Gasteiger partial charge in [0.25, 0.3) is 5.91 Å². The number of hydrogen-bond donors (Lipinski definition) is 1. The summed E-state index contributed by atoms with van der Waals surface area (Å²) in [5.41, 5.74) is 1.11. The molecule has 0 radical (unpaired) electrons. The van der Waals surface area contributed by atoms with Gasteiger partial charge in [-0.3, -0.25) is 4.79 Å². The van der Waals surface area contributed by atoms with Crippen LogP contribution in [0.1, 0.15) is 47.3 Å². The molecule has 1 N–H and O–H groups in total. The van der Waals surface area contributed by atoms with Crippen LogP contribution in [0.4, 0.5) is 0 Å². The second kappa shape index (κ2) is 6.40. The molecule has 2 unspecified atom stereocenters. The fourth-order valence-corrected chi connectivity index (χ4v) is 4.02. The Morgan fingerprint density at radius 1 is 1.44 bits per heavy atom. The highest BCUT2D eigenvalue weighted by atomic mass is 79.9. The molecule has 0 aliphatic heterocycles. The monoisotopic (exact) mass is 349 g/mol. The molecule has 0 bridgehead atoms. The molecule has 1 aliphatic rings. The summed E-state index contributed by atoms with van der Waals surface area (Å²) in [5.74, 6) is 0.00588. The van der Waals surface area contributed by atoms with E-state index in [2.05, 4.69) is 21.2 Å². The van der Waals surface area contributed by atoms with Crippen molar-refractivity contribution in [2.24, 2.45) is 0 Å². The summed E-state index contributed by atoms with van der Waals surface area (Å²) in [6.45, 7) is 1.99. The van der Waals surface area contributed by atoms with Crippen molar-refractivity contribution in [2.75, 3.05) is 0 Å². The number of halogens is 2. The average Bonchev–Trinajstić information content (AvgIpc) is 2.54. The van der Waals surface area contributed by atoms with Crippen LogP contribution in [0.5, 0.6) is 0 Å². The van der Waals surface area contributed by atoms with Crippen molar-refractivity contribution in [1.29, 1.82) is 0 Å². The molecule has 5 heteroatoms. The van der Waals surface area contributed by atoms with E-state index in [9.17, 15) is 4.79 Å². The standard InChI is InChI=1S/C13H17BrClNOS/c1-8-7-11(18-12(8)14)13(17)16-10-6-4-2-3-5-9(10)15/h7,9-10H,2-6H2,1H3,(H,16,17). The molecule has 2 atom stereocenters. The van der Waals surface area contributed by atoms with E-state index in [4.69, 9.17) is 11.6 Å². The van der Waals surface area contributed by atoms with Gasteiger partial charge in [0, 0.05) is 6.04 Å². The maximum Gasteiger partial charge on any atom is 0.261 e. The lowest BCUT2D eigenvalue weighted by Crippen LogP contribution is -2.40. The van der Waals surface area contributed by atoms with E-state index in [1.165, 1.54) is 24.2 Å². The summed E-state index contributed by atoms with van der Waals surface area (Å²) in [7, 11) is 0. The third kappa shape index (κ3) is 3.49. The quantitative estimate of drug-likeness (QED) is 0.618. The zero-order chi connectivity index (χ0) is 13.1. The molecular weight excluding hydrogens is 334 g/mol. The lowest BCUT2D eigenvalue weighted by atomic mass is 10.1. The van der Waals surface area contributed by atoms with Gasteiger partial charge >= 0.3 is 0 Å². The van der Waals surface area contributed by atoms with Crippen LogP contribution < -0.4 is 5.32 Å². The first-order valence-electron chi connectivity index (χ1n) is 6.29. The van der Waals surface area contributed by atoms with E-state index >= 15 is 0 Å². The lowest BCUT2D eigenvalue weighted by Gasteiger charge is -2.20. The van der Waals surface area contributed by atoms with E-state index in [0.29, 0.717) is 0 Å². The highest BCUT2D eigenvalue weighted by Gasteiger charge is 2.24. The second-order valence-corrected chi connectivity index (χ2v) is 7.73. The van der Waals surface area contributed by atoms with Gasteiger partial charge in [-0.15, -0.1) is 22.9 Å². The fourth-order valence-electron chi connectivity index (χ4n) is 2.24. The van der Waals surface area contributed by atoms with E-state index in [0.717, 1.165) is 33.5 Å². The fraction of sp³-hybridized carbons (Fsp3) is 0.615. The smallest absolute Gasteiger partial charge is 0.261 e. The summed E-state index contributed by atoms with van der Waals surface area (Å²) in [6, 6.07) is 2.03. The second-order valence-electron chi connectivity index (χ2n) is 4.80. The minimum absolute atomic E-state index is 0.00588. The summed E-state index contributed by atoms with van der Waals surface area (Å²) in [4.78, 5) is 12.9. The molecule has 0 saturated heterocycles. The maximum atomic E-state index is 12.2. The molecule has 18 heavy (non-hydrogen) atoms. The highest BCUT2D eigenvalue weighted by Crippen LogP contribution is 2.28. The van der Waals surface area contributed by atoms with E-state index in [-0.39, 0.29) is 17.3 Å². The van der Waals surface area contributed by atoms with Gasteiger partial charge in [0.1, 0.15) is 0 Å². The van der Waals surface area contributed by atoms with Crippen molar-refractivity contribution in [3.05, 3.63) is 20.3 Å². The molecule has 2 rings (SSSR count). The predicted molar refractivity (Wildman–Crippen MR) is 80.7 cm³/mol. The topological polar surface area (TPSA) is 29.1 Å². The Hall–Kier alpha value is -0.0600. The van der Waals surface area contributed by atoms with Crippen LogP contribution in [-0.4, -0.2) is 17.3 Å². The number of alkyl halides is 1. The third-order valence-electron chi connectivity index (χ3n) is 3.33. The van der Waals surface area contributed by atoms with Gasteiger partial charge in [0.2, 0.25) is 0 Å². The number of carbonyl (C=O) groups excluding carboxylic acids is 1. The number of amides is 1. The first kappa shape index (κ1) is 14.4. The number of thiophene rings is 1. The number of carbonyl (C=O) groups is 1. The summed E-state index contributed by atoms with van der Waals surface area (Å²) >= 11 is 11.3. The van der Waals surface area contributed by atoms with Gasteiger partial charge in [0.15, 0.2) is 0 Å². The Bertz CT molecular complexity index is 415. The molecule has 0 aromatic carbocycles. The molecule has 1 saturated carbocycles. The van der Waals surface area contributed by atoms with Crippen LogP contribution in [0.2, 0.25) is 0 Å². The van der Waals surface area contributed by atoms with Crippen molar-refractivity contribution in [2.45, 2.75) is 50.4 Å². The van der Waals surface area contributed by atoms with Gasteiger partial charge in [-0.25, -0.2) is 0 Å². The molecule has 1 fully saturated rings. The van der Waals surface area contributed by atoms with Crippen LogP contribution in [0.25, 0.3) is 0 Å². The molecule has 1 aliphatic carbocycles. The van der Waals surface area contributed by atoms with E-state index < -0.39 is 0 Å². The van der Waals surface area contributed by atoms with Crippen molar-refractivity contribution in [3.8, 4) is 0 Å². The highest BCUT2D eigenvalue weighted by molar-refractivity contribution is 9.11. The molecule has 0 spiro atoms. The van der Waals surface area contributed by atoms with Crippen molar-refractivity contribution < 1.29 is 4.79 Å². The van der Waals surface area contributed by atoms with E-state index in [1.54, 1.807) is 0 Å². The third-order valence-corrected chi connectivity index (χ3v) is 5.99. The zero-order valence-electron chi connectivity index (χ0n) is 10.3. The minimum atomic E-state index is 0.00588. The first-order chi connectivity index (χ1) is 8.58. The molecule has 2 nitrogen and oxygen atoms in total. The van der Waals surface area contributed by atoms with Crippen LogP contribution in [0.3, 0.4) is 0 Å². The van der Waals surface area contributed by atoms with Crippen LogP contribution in [-0.2, 0) is 0 Å². The first-order valence-corrected chi connectivity index (χ1v) is 8.33. The van der Waals surface area contributed by atoms with Gasteiger partial charge < -0.3 is 5.32 Å². The number of aryl methyl sites for hydroxylation is 1. The SMILES string of the molecule is Cc1cc(C(=O)NC2CCCCCC2Cl)sc1Br. The largest absolute Gasteiger partial charge is 0.347 e. The summed E-state index contributed by atoms with van der Waals surface area (Å²) in [6.07, 6.45) is 5.54. The van der Waals surface area contributed by atoms with E-state index in [1.807, 2.05) is 13.0 Å². The Kier molecular flexibility index (Phi) is 5.10. The van der Waals surface area contributed by atoms with Crippen LogP contribution >= 0.6 is 38.9 Å². The van der Waals surface area contributed by atoms with Gasteiger partial charge in [-0.05, 0) is 47.3 Å². The van der Waals surface area contributed by atoms with Gasteiger partial charge in [-0.1, -0.05) is 19.3 Å². The molecular formula is C13H17BrClNOS. The van der Waals surface area contributed by atoms with Crippen molar-refractivity contribution in [1.82, 2.24) is 5.32 Å². The molecule has 1 heterocycles. The lowest BCUT2D eigenvalue weighted by molar-refractivity contribution is 0.0938. The molecule has 1 amide bonds. The Labute approximate surface area is 125 Å². The van der Waals surface area contributed by atoms with Crippen molar-refractivity contribution in [3.63, 3.8) is 0 Å². The van der Waals surface area contributed by atoms with Crippen LogP contribution in [0, 0.1) is 6.92 Å². The van der Waals surface area contributed by atoms with Crippen LogP contribution in [0.15, 0.2) is 9.85 Å². The normalized spacial score (nSPS) is 24.6. The maximum absolute atomic E-state index is 12.2.